The van der Waals surface area contributed by atoms with Crippen molar-refractivity contribution in [2.45, 2.75) is 16.9 Å². The Bertz CT molecular complexity index is 762. The average molecular weight is 386 g/mol. The van der Waals surface area contributed by atoms with Crippen molar-refractivity contribution < 1.29 is 5.11 Å². The first-order valence-electron chi connectivity index (χ1n) is 7.30. The van der Waals surface area contributed by atoms with Gasteiger partial charge in [-0.2, -0.15) is 0 Å². The summed E-state index contributed by atoms with van der Waals surface area (Å²) in [4.78, 5) is 4.45. The maximum atomic E-state index is 9.55. The van der Waals surface area contributed by atoms with Gasteiger partial charge in [0.25, 0.3) is 0 Å². The SMILES string of the molecule is OCc1cccnc1SC(c1ccccc1)c1ccc(Br)cc1. The van der Waals surface area contributed by atoms with Crippen molar-refractivity contribution in [1.82, 2.24) is 4.98 Å². The molecule has 0 aliphatic heterocycles. The summed E-state index contributed by atoms with van der Waals surface area (Å²) in [5, 5.41) is 10.5. The quantitative estimate of drug-likeness (QED) is 0.611. The molecule has 4 heteroatoms. The Hall–Kier alpha value is -1.62. The Morgan fingerprint density at radius 2 is 1.61 bits per heavy atom. The van der Waals surface area contributed by atoms with E-state index in [1.54, 1.807) is 18.0 Å². The summed E-state index contributed by atoms with van der Waals surface area (Å²) in [5.41, 5.74) is 3.28. The molecule has 116 valence electrons. The van der Waals surface area contributed by atoms with Gasteiger partial charge >= 0.3 is 0 Å². The molecule has 0 amide bonds. The molecule has 0 spiro atoms. The van der Waals surface area contributed by atoms with Crippen LogP contribution in [0.4, 0.5) is 0 Å². The maximum Gasteiger partial charge on any atom is 0.102 e. The van der Waals surface area contributed by atoms with Crippen LogP contribution in [0.25, 0.3) is 0 Å². The lowest BCUT2D eigenvalue weighted by Crippen LogP contribution is -1.99. The lowest BCUT2D eigenvalue weighted by Gasteiger charge is -2.18. The van der Waals surface area contributed by atoms with Crippen LogP contribution in [0, 0.1) is 0 Å². The van der Waals surface area contributed by atoms with E-state index in [9.17, 15) is 5.11 Å². The molecule has 3 aromatic rings. The second-order valence-electron chi connectivity index (χ2n) is 5.09. The molecule has 1 aromatic heterocycles. The Balaban J connectivity index is 2.00. The Labute approximate surface area is 148 Å². The van der Waals surface area contributed by atoms with Crippen LogP contribution in [0.2, 0.25) is 0 Å². The minimum Gasteiger partial charge on any atom is -0.392 e. The van der Waals surface area contributed by atoms with Crippen molar-refractivity contribution in [1.29, 1.82) is 0 Å². The first-order valence-corrected chi connectivity index (χ1v) is 8.97. The highest BCUT2D eigenvalue weighted by atomic mass is 79.9. The third kappa shape index (κ3) is 4.02. The lowest BCUT2D eigenvalue weighted by molar-refractivity contribution is 0.278. The van der Waals surface area contributed by atoms with Crippen LogP contribution in [0.5, 0.6) is 0 Å². The minimum atomic E-state index is -0.00196. The first-order chi connectivity index (χ1) is 11.3. The van der Waals surface area contributed by atoms with E-state index in [2.05, 4.69) is 57.3 Å². The van der Waals surface area contributed by atoms with Crippen LogP contribution >= 0.6 is 27.7 Å². The molecule has 0 radical (unpaired) electrons. The minimum absolute atomic E-state index is 0.00196. The summed E-state index contributed by atoms with van der Waals surface area (Å²) in [5.74, 6) is 0. The molecule has 0 aliphatic carbocycles. The van der Waals surface area contributed by atoms with Crippen LogP contribution in [-0.2, 0) is 6.61 Å². The fraction of sp³-hybridized carbons (Fsp3) is 0.105. The van der Waals surface area contributed by atoms with E-state index in [0.717, 1.165) is 15.1 Å². The van der Waals surface area contributed by atoms with Crippen molar-refractivity contribution in [3.8, 4) is 0 Å². The van der Waals surface area contributed by atoms with Gasteiger partial charge in [-0.15, -0.1) is 0 Å². The van der Waals surface area contributed by atoms with Crippen LogP contribution in [0.1, 0.15) is 21.9 Å². The zero-order valence-electron chi connectivity index (χ0n) is 12.4. The molecule has 3 rings (SSSR count). The van der Waals surface area contributed by atoms with Gasteiger partial charge in [0.05, 0.1) is 11.9 Å². The molecular formula is C19H16BrNOS. The Kier molecular flexibility index (Phi) is 5.49. The van der Waals surface area contributed by atoms with Gasteiger partial charge < -0.3 is 5.11 Å². The molecule has 1 unspecified atom stereocenters. The van der Waals surface area contributed by atoms with Crippen molar-refractivity contribution in [3.63, 3.8) is 0 Å². The van der Waals surface area contributed by atoms with E-state index in [0.29, 0.717) is 0 Å². The molecule has 0 saturated carbocycles. The van der Waals surface area contributed by atoms with Crippen molar-refractivity contribution >= 4 is 27.7 Å². The Morgan fingerprint density at radius 3 is 2.30 bits per heavy atom. The number of aromatic nitrogens is 1. The molecule has 1 N–H and O–H groups in total. The molecular weight excluding hydrogens is 370 g/mol. The molecule has 1 atom stereocenters. The fourth-order valence-electron chi connectivity index (χ4n) is 2.36. The second-order valence-corrected chi connectivity index (χ2v) is 7.10. The number of rotatable bonds is 5. The van der Waals surface area contributed by atoms with Gasteiger partial charge in [-0.3, -0.25) is 0 Å². The fourth-order valence-corrected chi connectivity index (χ4v) is 3.84. The molecule has 0 saturated heterocycles. The van der Waals surface area contributed by atoms with Gasteiger partial charge in [0.1, 0.15) is 5.03 Å². The zero-order valence-corrected chi connectivity index (χ0v) is 14.8. The number of hydrogen-bond acceptors (Lipinski definition) is 3. The van der Waals surface area contributed by atoms with E-state index in [1.807, 2.05) is 30.3 Å². The van der Waals surface area contributed by atoms with E-state index < -0.39 is 0 Å². The summed E-state index contributed by atoms with van der Waals surface area (Å²) in [6.07, 6.45) is 1.77. The van der Waals surface area contributed by atoms with Crippen molar-refractivity contribution in [2.24, 2.45) is 0 Å². The third-order valence-electron chi connectivity index (χ3n) is 3.52. The van der Waals surface area contributed by atoms with E-state index in [4.69, 9.17) is 0 Å². The molecule has 0 bridgehead atoms. The van der Waals surface area contributed by atoms with Crippen molar-refractivity contribution in [3.05, 3.63) is 94.1 Å². The summed E-state index contributed by atoms with van der Waals surface area (Å²) in [6, 6.07) is 22.5. The van der Waals surface area contributed by atoms with Gasteiger partial charge in [0.2, 0.25) is 0 Å². The average Bonchev–Trinajstić information content (AvgIpc) is 2.61. The second kappa shape index (κ2) is 7.77. The van der Waals surface area contributed by atoms with E-state index in [1.165, 1.54) is 11.1 Å². The monoisotopic (exact) mass is 385 g/mol. The zero-order chi connectivity index (χ0) is 16.1. The number of benzene rings is 2. The lowest BCUT2D eigenvalue weighted by atomic mass is 10.0. The summed E-state index contributed by atoms with van der Waals surface area (Å²) >= 11 is 5.15. The summed E-state index contributed by atoms with van der Waals surface area (Å²) in [6.45, 7) is -0.00196. The van der Waals surface area contributed by atoms with E-state index in [-0.39, 0.29) is 11.9 Å². The smallest absolute Gasteiger partial charge is 0.102 e. The first kappa shape index (κ1) is 16.2. The number of thioether (sulfide) groups is 1. The topological polar surface area (TPSA) is 33.1 Å². The number of aliphatic hydroxyl groups is 1. The number of hydrogen-bond donors (Lipinski definition) is 1. The highest BCUT2D eigenvalue weighted by Gasteiger charge is 2.18. The number of pyridine rings is 1. The van der Waals surface area contributed by atoms with Gasteiger partial charge in [-0.1, -0.05) is 76.2 Å². The molecule has 23 heavy (non-hydrogen) atoms. The number of nitrogens with zero attached hydrogens (tertiary/aromatic N) is 1. The summed E-state index contributed by atoms with van der Waals surface area (Å²) < 4.78 is 1.06. The van der Waals surface area contributed by atoms with Crippen LogP contribution in [-0.4, -0.2) is 10.1 Å². The Morgan fingerprint density at radius 1 is 0.913 bits per heavy atom. The highest BCUT2D eigenvalue weighted by Crippen LogP contribution is 2.41. The molecule has 2 nitrogen and oxygen atoms in total. The predicted molar refractivity (Wildman–Crippen MR) is 98.4 cm³/mol. The normalized spacial score (nSPS) is 12.1. The summed E-state index contributed by atoms with van der Waals surface area (Å²) in [7, 11) is 0. The third-order valence-corrected chi connectivity index (χ3v) is 5.42. The predicted octanol–water partition coefficient (Wildman–Crippen LogP) is 5.22. The van der Waals surface area contributed by atoms with Crippen LogP contribution < -0.4 is 0 Å². The standard InChI is InChI=1S/C19H16BrNOS/c20-17-10-8-15(9-11-17)18(14-5-2-1-3-6-14)23-19-16(13-22)7-4-12-21-19/h1-12,18,22H,13H2. The number of aliphatic hydroxyl groups excluding tert-OH is 1. The molecule has 1 heterocycles. The maximum absolute atomic E-state index is 9.55. The van der Waals surface area contributed by atoms with Crippen LogP contribution in [0.3, 0.4) is 0 Å². The molecule has 0 aliphatic rings. The van der Waals surface area contributed by atoms with Gasteiger partial charge in [-0.25, -0.2) is 4.98 Å². The highest BCUT2D eigenvalue weighted by molar-refractivity contribution is 9.10. The van der Waals surface area contributed by atoms with Gasteiger partial charge in [0, 0.05) is 16.2 Å². The molecule has 2 aromatic carbocycles. The van der Waals surface area contributed by atoms with Crippen molar-refractivity contribution in [2.75, 3.05) is 0 Å². The van der Waals surface area contributed by atoms with Gasteiger partial charge in [0.15, 0.2) is 0 Å². The van der Waals surface area contributed by atoms with Gasteiger partial charge in [-0.05, 0) is 29.3 Å². The largest absolute Gasteiger partial charge is 0.392 e. The van der Waals surface area contributed by atoms with E-state index >= 15 is 0 Å². The molecule has 0 fully saturated rings. The van der Waals surface area contributed by atoms with Crippen LogP contribution in [0.15, 0.2) is 82.4 Å². The number of halogens is 1.